The molecule has 0 saturated heterocycles. The Bertz CT molecular complexity index is 582. The second kappa shape index (κ2) is 9.67. The topological polar surface area (TPSA) is 75.3 Å². The van der Waals surface area contributed by atoms with E-state index in [0.29, 0.717) is 12.2 Å². The second-order valence-corrected chi connectivity index (χ2v) is 7.55. The van der Waals surface area contributed by atoms with E-state index in [2.05, 4.69) is 17.0 Å². The van der Waals surface area contributed by atoms with Crippen LogP contribution >= 0.6 is 0 Å². The van der Waals surface area contributed by atoms with Gasteiger partial charge in [-0.1, -0.05) is 40.0 Å². The summed E-state index contributed by atoms with van der Waals surface area (Å²) >= 11 is 0. The molecule has 1 unspecified atom stereocenters. The maximum Gasteiger partial charge on any atom is 0.240 e. The van der Waals surface area contributed by atoms with E-state index in [1.807, 2.05) is 13.8 Å². The SMILES string of the molecule is CCCCCCNS(=O)(=O)c1ccc(NC(=O)C(C)CC)cc1. The number of benzene rings is 1. The fourth-order valence-corrected chi connectivity index (χ4v) is 3.08. The molecule has 0 aliphatic carbocycles. The zero-order valence-corrected chi connectivity index (χ0v) is 15.1. The van der Waals surface area contributed by atoms with Gasteiger partial charge in [-0.05, 0) is 37.1 Å². The summed E-state index contributed by atoms with van der Waals surface area (Å²) in [5.41, 5.74) is 0.609. The average molecular weight is 340 g/mol. The predicted molar refractivity (Wildman–Crippen MR) is 93.9 cm³/mol. The Morgan fingerprint density at radius 1 is 1.09 bits per heavy atom. The van der Waals surface area contributed by atoms with Crippen molar-refractivity contribution in [2.24, 2.45) is 5.92 Å². The molecule has 0 bridgehead atoms. The molecule has 23 heavy (non-hydrogen) atoms. The third kappa shape index (κ3) is 6.71. The molecule has 0 fully saturated rings. The van der Waals surface area contributed by atoms with Crippen molar-refractivity contribution in [3.63, 3.8) is 0 Å². The van der Waals surface area contributed by atoms with E-state index in [0.717, 1.165) is 32.1 Å². The molecular weight excluding hydrogens is 312 g/mol. The van der Waals surface area contributed by atoms with Crippen LogP contribution in [0, 0.1) is 5.92 Å². The summed E-state index contributed by atoms with van der Waals surface area (Å²) in [5.74, 6) is -0.125. The Labute approximate surface area is 139 Å². The Kier molecular flexibility index (Phi) is 8.26. The standard InChI is InChI=1S/C17H28N2O3S/c1-4-6-7-8-13-18-23(21,22)16-11-9-15(10-12-16)19-17(20)14(3)5-2/h9-12,14,18H,4-8,13H2,1-3H3,(H,19,20). The number of nitrogens with one attached hydrogen (secondary N) is 2. The molecule has 0 saturated carbocycles. The van der Waals surface area contributed by atoms with E-state index in [9.17, 15) is 13.2 Å². The smallest absolute Gasteiger partial charge is 0.240 e. The van der Waals surface area contributed by atoms with Crippen LogP contribution < -0.4 is 10.0 Å². The minimum atomic E-state index is -3.48. The molecule has 0 radical (unpaired) electrons. The minimum absolute atomic E-state index is 0.0582. The monoisotopic (exact) mass is 340 g/mol. The molecule has 6 heteroatoms. The Morgan fingerprint density at radius 2 is 1.74 bits per heavy atom. The molecule has 0 aliphatic heterocycles. The van der Waals surface area contributed by atoms with E-state index in [1.54, 1.807) is 12.1 Å². The van der Waals surface area contributed by atoms with Gasteiger partial charge in [-0.3, -0.25) is 4.79 Å². The number of sulfonamides is 1. The summed E-state index contributed by atoms with van der Waals surface area (Å²) < 4.78 is 26.9. The van der Waals surface area contributed by atoms with Gasteiger partial charge in [-0.15, -0.1) is 0 Å². The summed E-state index contributed by atoms with van der Waals surface area (Å²) in [6.07, 6.45) is 4.87. The molecule has 0 aliphatic rings. The predicted octanol–water partition coefficient (Wildman–Crippen LogP) is 3.53. The van der Waals surface area contributed by atoms with Gasteiger partial charge in [0.15, 0.2) is 0 Å². The Hall–Kier alpha value is -1.40. The van der Waals surface area contributed by atoms with Crippen molar-refractivity contribution in [2.45, 2.75) is 57.8 Å². The fourth-order valence-electron chi connectivity index (χ4n) is 2.01. The molecule has 2 N–H and O–H groups in total. The van der Waals surface area contributed by atoms with Gasteiger partial charge in [0, 0.05) is 18.2 Å². The highest BCUT2D eigenvalue weighted by Gasteiger charge is 2.14. The largest absolute Gasteiger partial charge is 0.326 e. The highest BCUT2D eigenvalue weighted by atomic mass is 32.2. The van der Waals surface area contributed by atoms with Gasteiger partial charge in [0.1, 0.15) is 0 Å². The van der Waals surface area contributed by atoms with Crippen molar-refractivity contribution in [3.05, 3.63) is 24.3 Å². The first-order valence-electron chi connectivity index (χ1n) is 8.31. The van der Waals surface area contributed by atoms with E-state index in [4.69, 9.17) is 0 Å². The number of hydrogen-bond acceptors (Lipinski definition) is 3. The minimum Gasteiger partial charge on any atom is -0.326 e. The quantitative estimate of drug-likeness (QED) is 0.640. The van der Waals surface area contributed by atoms with Crippen molar-refractivity contribution in [2.75, 3.05) is 11.9 Å². The lowest BCUT2D eigenvalue weighted by Crippen LogP contribution is -2.25. The van der Waals surface area contributed by atoms with Gasteiger partial charge in [-0.2, -0.15) is 0 Å². The van der Waals surface area contributed by atoms with Crippen molar-refractivity contribution in [3.8, 4) is 0 Å². The number of carbonyl (C=O) groups is 1. The number of carbonyl (C=O) groups excluding carboxylic acids is 1. The third-order valence-corrected chi connectivity index (χ3v) is 5.29. The molecule has 1 atom stereocenters. The molecule has 1 aromatic carbocycles. The lowest BCUT2D eigenvalue weighted by Gasteiger charge is -2.11. The molecule has 5 nitrogen and oxygen atoms in total. The third-order valence-electron chi connectivity index (χ3n) is 3.81. The number of amides is 1. The van der Waals surface area contributed by atoms with Gasteiger partial charge in [0.2, 0.25) is 15.9 Å². The normalized spacial score (nSPS) is 12.8. The number of hydrogen-bond donors (Lipinski definition) is 2. The molecule has 0 aromatic heterocycles. The van der Waals surface area contributed by atoms with Crippen LogP contribution in [0.5, 0.6) is 0 Å². The average Bonchev–Trinajstić information content (AvgIpc) is 2.54. The molecule has 130 valence electrons. The van der Waals surface area contributed by atoms with E-state index < -0.39 is 10.0 Å². The summed E-state index contributed by atoms with van der Waals surface area (Å²) in [4.78, 5) is 12.0. The van der Waals surface area contributed by atoms with Crippen LogP contribution in [-0.4, -0.2) is 20.9 Å². The first-order valence-corrected chi connectivity index (χ1v) is 9.79. The fraction of sp³-hybridized carbons (Fsp3) is 0.588. The lowest BCUT2D eigenvalue weighted by atomic mass is 10.1. The zero-order valence-electron chi connectivity index (χ0n) is 14.3. The van der Waals surface area contributed by atoms with Crippen LogP contribution in [0.15, 0.2) is 29.2 Å². The first kappa shape index (κ1) is 19.6. The van der Waals surface area contributed by atoms with Gasteiger partial charge >= 0.3 is 0 Å². The highest BCUT2D eigenvalue weighted by molar-refractivity contribution is 7.89. The number of rotatable bonds is 10. The van der Waals surface area contributed by atoms with Crippen LogP contribution in [0.2, 0.25) is 0 Å². The molecule has 1 rings (SSSR count). The number of anilines is 1. The Morgan fingerprint density at radius 3 is 2.30 bits per heavy atom. The van der Waals surface area contributed by atoms with Crippen LogP contribution in [0.25, 0.3) is 0 Å². The van der Waals surface area contributed by atoms with E-state index >= 15 is 0 Å². The summed E-state index contributed by atoms with van der Waals surface area (Å²) in [6.45, 7) is 6.38. The number of unbranched alkanes of at least 4 members (excludes halogenated alkanes) is 3. The van der Waals surface area contributed by atoms with Gasteiger partial charge in [0.25, 0.3) is 0 Å². The maximum absolute atomic E-state index is 12.2. The summed E-state index contributed by atoms with van der Waals surface area (Å²) in [5, 5.41) is 2.78. The summed E-state index contributed by atoms with van der Waals surface area (Å²) in [7, 11) is -3.48. The van der Waals surface area contributed by atoms with Gasteiger partial charge in [0.05, 0.1) is 4.90 Å². The molecular formula is C17H28N2O3S. The molecule has 0 spiro atoms. The zero-order chi connectivity index (χ0) is 17.3. The Balaban J connectivity index is 2.59. The van der Waals surface area contributed by atoms with Crippen LogP contribution in [0.1, 0.15) is 52.9 Å². The van der Waals surface area contributed by atoms with Crippen LogP contribution in [0.4, 0.5) is 5.69 Å². The first-order chi connectivity index (χ1) is 10.9. The lowest BCUT2D eigenvalue weighted by molar-refractivity contribution is -0.119. The van der Waals surface area contributed by atoms with Gasteiger partial charge < -0.3 is 5.32 Å². The maximum atomic E-state index is 12.2. The van der Waals surface area contributed by atoms with Gasteiger partial charge in [-0.25, -0.2) is 13.1 Å². The molecule has 1 amide bonds. The van der Waals surface area contributed by atoms with Crippen molar-refractivity contribution in [1.29, 1.82) is 0 Å². The second-order valence-electron chi connectivity index (χ2n) is 5.78. The van der Waals surface area contributed by atoms with Crippen molar-refractivity contribution < 1.29 is 13.2 Å². The van der Waals surface area contributed by atoms with Crippen LogP contribution in [0.3, 0.4) is 0 Å². The van der Waals surface area contributed by atoms with E-state index in [-0.39, 0.29) is 16.7 Å². The molecule has 0 heterocycles. The van der Waals surface area contributed by atoms with E-state index in [1.165, 1.54) is 12.1 Å². The highest BCUT2D eigenvalue weighted by Crippen LogP contribution is 2.15. The molecule has 1 aromatic rings. The summed E-state index contributed by atoms with van der Waals surface area (Å²) in [6, 6.07) is 6.26. The van der Waals surface area contributed by atoms with Crippen LogP contribution in [-0.2, 0) is 14.8 Å². The van der Waals surface area contributed by atoms with Crippen molar-refractivity contribution >= 4 is 21.6 Å². The van der Waals surface area contributed by atoms with Crippen molar-refractivity contribution in [1.82, 2.24) is 4.72 Å².